The van der Waals surface area contributed by atoms with Crippen molar-refractivity contribution in [2.45, 2.75) is 6.92 Å². The van der Waals surface area contributed by atoms with Crippen molar-refractivity contribution in [3.05, 3.63) is 52.5 Å². The first kappa shape index (κ1) is 18.6. The number of ether oxygens (including phenoxy) is 3. The van der Waals surface area contributed by atoms with Gasteiger partial charge in [0.2, 0.25) is 0 Å². The average Bonchev–Trinajstić information content (AvgIpc) is 2.60. The van der Waals surface area contributed by atoms with E-state index < -0.39 is 0 Å². The van der Waals surface area contributed by atoms with Crippen molar-refractivity contribution in [3.63, 3.8) is 0 Å². The minimum absolute atomic E-state index is 0.158. The van der Waals surface area contributed by atoms with E-state index in [1.54, 1.807) is 43.5 Å². The maximum absolute atomic E-state index is 11.8. The smallest absolute Gasteiger partial charge is 0.277 e. The van der Waals surface area contributed by atoms with Crippen molar-refractivity contribution in [2.24, 2.45) is 5.10 Å². The normalized spacial score (nSPS) is 10.6. The summed E-state index contributed by atoms with van der Waals surface area (Å²) in [6.07, 6.45) is 1.48. The molecule has 0 saturated carbocycles. The fraction of sp³-hybridized carbons (Fsp3) is 0.222. The van der Waals surface area contributed by atoms with Crippen molar-refractivity contribution < 1.29 is 19.0 Å². The Kier molecular flexibility index (Phi) is 6.65. The molecular formula is C18H19ClN2O4. The van der Waals surface area contributed by atoms with Gasteiger partial charge < -0.3 is 14.2 Å². The molecule has 0 heterocycles. The van der Waals surface area contributed by atoms with E-state index in [1.165, 1.54) is 13.3 Å². The van der Waals surface area contributed by atoms with Gasteiger partial charge in [-0.2, -0.15) is 5.10 Å². The van der Waals surface area contributed by atoms with Crippen LogP contribution in [0.2, 0.25) is 5.02 Å². The van der Waals surface area contributed by atoms with Gasteiger partial charge in [-0.15, -0.1) is 0 Å². The minimum Gasteiger partial charge on any atom is -0.493 e. The van der Waals surface area contributed by atoms with Crippen LogP contribution in [0.3, 0.4) is 0 Å². The summed E-state index contributed by atoms with van der Waals surface area (Å²) in [5.41, 5.74) is 3.93. The first-order valence-corrected chi connectivity index (χ1v) is 7.84. The number of benzene rings is 2. The highest BCUT2D eigenvalue weighted by Crippen LogP contribution is 2.29. The van der Waals surface area contributed by atoms with Gasteiger partial charge in [-0.1, -0.05) is 17.7 Å². The number of halogens is 1. The van der Waals surface area contributed by atoms with E-state index in [0.717, 1.165) is 5.56 Å². The van der Waals surface area contributed by atoms with Gasteiger partial charge in [0, 0.05) is 10.6 Å². The number of para-hydroxylation sites is 1. The highest BCUT2D eigenvalue weighted by Gasteiger charge is 2.08. The van der Waals surface area contributed by atoms with Crippen LogP contribution in [0.25, 0.3) is 0 Å². The Hall–Kier alpha value is -2.73. The number of hydrogen-bond donors (Lipinski definition) is 1. The number of nitrogens with zero attached hydrogens (tertiary/aromatic N) is 1. The van der Waals surface area contributed by atoms with Crippen LogP contribution in [0, 0.1) is 6.92 Å². The van der Waals surface area contributed by atoms with Crippen molar-refractivity contribution >= 4 is 23.7 Å². The molecule has 0 radical (unpaired) electrons. The molecule has 1 N–H and O–H groups in total. The number of carbonyl (C=O) groups is 1. The molecule has 0 aliphatic rings. The molecule has 0 aromatic heterocycles. The Morgan fingerprint density at radius 2 is 2.00 bits per heavy atom. The summed E-state index contributed by atoms with van der Waals surface area (Å²) in [6, 6.07) is 10.6. The Bertz CT molecular complexity index is 778. The van der Waals surface area contributed by atoms with Gasteiger partial charge in [0.1, 0.15) is 5.75 Å². The maximum atomic E-state index is 11.8. The summed E-state index contributed by atoms with van der Waals surface area (Å²) in [5, 5.41) is 4.53. The molecule has 2 aromatic carbocycles. The highest BCUT2D eigenvalue weighted by molar-refractivity contribution is 6.30. The van der Waals surface area contributed by atoms with Gasteiger partial charge in [0.15, 0.2) is 18.1 Å². The van der Waals surface area contributed by atoms with Gasteiger partial charge in [0.25, 0.3) is 5.91 Å². The fourth-order valence-corrected chi connectivity index (χ4v) is 2.36. The lowest BCUT2D eigenvalue weighted by Crippen LogP contribution is -2.24. The van der Waals surface area contributed by atoms with E-state index in [-0.39, 0.29) is 12.5 Å². The number of methoxy groups -OCH3 is 2. The molecule has 132 valence electrons. The number of hydrogen-bond acceptors (Lipinski definition) is 5. The molecule has 6 nitrogen and oxygen atoms in total. The van der Waals surface area contributed by atoms with Crippen LogP contribution in [-0.2, 0) is 4.79 Å². The fourth-order valence-electron chi connectivity index (χ4n) is 2.14. The van der Waals surface area contributed by atoms with Crippen LogP contribution in [0.5, 0.6) is 17.2 Å². The number of hydrazone groups is 1. The SMILES string of the molecule is COc1cccc(/C=N/NC(=O)COc2ccc(Cl)cc2C)c1OC. The number of aryl methyl sites for hydroxylation is 1. The molecule has 1 amide bonds. The van der Waals surface area contributed by atoms with Gasteiger partial charge >= 0.3 is 0 Å². The van der Waals surface area contributed by atoms with Crippen LogP contribution in [0.4, 0.5) is 0 Å². The summed E-state index contributed by atoms with van der Waals surface area (Å²) in [4.78, 5) is 11.8. The topological polar surface area (TPSA) is 69.2 Å². The second-order valence-electron chi connectivity index (χ2n) is 5.07. The second kappa shape index (κ2) is 8.94. The molecule has 0 spiro atoms. The van der Waals surface area contributed by atoms with Crippen LogP contribution in [0.15, 0.2) is 41.5 Å². The highest BCUT2D eigenvalue weighted by atomic mass is 35.5. The molecular weight excluding hydrogens is 344 g/mol. The third-order valence-electron chi connectivity index (χ3n) is 3.32. The van der Waals surface area contributed by atoms with Gasteiger partial charge in [-0.05, 0) is 42.8 Å². The molecule has 0 aliphatic heterocycles. The number of amides is 1. The molecule has 25 heavy (non-hydrogen) atoms. The Labute approximate surface area is 151 Å². The molecule has 2 aromatic rings. The summed E-state index contributed by atoms with van der Waals surface area (Å²) in [7, 11) is 3.09. The lowest BCUT2D eigenvalue weighted by Gasteiger charge is -2.10. The molecule has 0 aliphatic carbocycles. The molecule has 2 rings (SSSR count). The maximum Gasteiger partial charge on any atom is 0.277 e. The van der Waals surface area contributed by atoms with E-state index >= 15 is 0 Å². The van der Waals surface area contributed by atoms with Crippen LogP contribution in [-0.4, -0.2) is 32.9 Å². The zero-order valence-electron chi connectivity index (χ0n) is 14.2. The van der Waals surface area contributed by atoms with E-state index in [4.69, 9.17) is 25.8 Å². The predicted molar refractivity (Wildman–Crippen MR) is 97.0 cm³/mol. The quantitative estimate of drug-likeness (QED) is 0.606. The molecule has 0 bridgehead atoms. The standard InChI is InChI=1S/C18H19ClN2O4/c1-12-9-14(19)7-8-15(12)25-11-17(22)21-20-10-13-5-4-6-16(23-2)18(13)24-3/h4-10H,11H2,1-3H3,(H,21,22)/b20-10+. The van der Waals surface area contributed by atoms with Gasteiger partial charge in [0.05, 0.1) is 20.4 Å². The zero-order valence-corrected chi connectivity index (χ0v) is 15.0. The third-order valence-corrected chi connectivity index (χ3v) is 3.56. The van der Waals surface area contributed by atoms with Crippen LogP contribution in [0.1, 0.15) is 11.1 Å². The molecule has 0 fully saturated rings. The number of nitrogens with one attached hydrogen (secondary N) is 1. The monoisotopic (exact) mass is 362 g/mol. The third kappa shape index (κ3) is 5.12. The Morgan fingerprint density at radius 3 is 2.68 bits per heavy atom. The van der Waals surface area contributed by atoms with Crippen LogP contribution < -0.4 is 19.6 Å². The Balaban J connectivity index is 1.92. The molecule has 0 atom stereocenters. The van der Waals surface area contributed by atoms with Crippen molar-refractivity contribution in [3.8, 4) is 17.2 Å². The minimum atomic E-state index is -0.382. The van der Waals surface area contributed by atoms with Crippen molar-refractivity contribution in [2.75, 3.05) is 20.8 Å². The van der Waals surface area contributed by atoms with E-state index in [0.29, 0.717) is 27.8 Å². The van der Waals surface area contributed by atoms with Gasteiger partial charge in [-0.3, -0.25) is 4.79 Å². The van der Waals surface area contributed by atoms with Crippen molar-refractivity contribution in [1.29, 1.82) is 0 Å². The lowest BCUT2D eigenvalue weighted by molar-refractivity contribution is -0.123. The van der Waals surface area contributed by atoms with E-state index in [9.17, 15) is 4.79 Å². The second-order valence-corrected chi connectivity index (χ2v) is 5.51. The van der Waals surface area contributed by atoms with E-state index in [1.807, 2.05) is 6.92 Å². The first-order valence-electron chi connectivity index (χ1n) is 7.47. The lowest BCUT2D eigenvalue weighted by atomic mass is 10.2. The van der Waals surface area contributed by atoms with E-state index in [2.05, 4.69) is 10.5 Å². The molecule has 7 heteroatoms. The predicted octanol–water partition coefficient (Wildman–Crippen LogP) is 3.19. The zero-order chi connectivity index (χ0) is 18.2. The average molecular weight is 363 g/mol. The summed E-state index contributed by atoms with van der Waals surface area (Å²) >= 11 is 5.88. The molecule has 0 saturated heterocycles. The van der Waals surface area contributed by atoms with Crippen molar-refractivity contribution in [1.82, 2.24) is 5.43 Å². The van der Waals surface area contributed by atoms with Crippen LogP contribution >= 0.6 is 11.6 Å². The summed E-state index contributed by atoms with van der Waals surface area (Å²) in [5.74, 6) is 1.33. The first-order chi connectivity index (χ1) is 12.0. The van der Waals surface area contributed by atoms with Gasteiger partial charge in [-0.25, -0.2) is 5.43 Å². The summed E-state index contributed by atoms with van der Waals surface area (Å²) < 4.78 is 15.9. The number of rotatable bonds is 7. The molecule has 0 unspecified atom stereocenters. The number of carbonyl (C=O) groups excluding carboxylic acids is 1. The largest absolute Gasteiger partial charge is 0.493 e. The Morgan fingerprint density at radius 1 is 1.20 bits per heavy atom. The summed E-state index contributed by atoms with van der Waals surface area (Å²) in [6.45, 7) is 1.70.